The van der Waals surface area contributed by atoms with Gasteiger partial charge in [-0.1, -0.05) is 12.1 Å². The Morgan fingerprint density at radius 1 is 1.44 bits per heavy atom. The second-order valence-corrected chi connectivity index (χ2v) is 6.22. The van der Waals surface area contributed by atoms with E-state index in [0.717, 1.165) is 12.8 Å². The Balaban J connectivity index is 1.77. The molecule has 134 valence electrons. The minimum atomic E-state index is -0.406. The molecule has 0 saturated carbocycles. The first-order valence-corrected chi connectivity index (χ1v) is 8.40. The molecule has 1 aromatic carbocycles. The predicted molar refractivity (Wildman–Crippen MR) is 90.1 cm³/mol. The Hall–Kier alpha value is -2.25. The summed E-state index contributed by atoms with van der Waals surface area (Å²) in [5.41, 5.74) is 1.21. The van der Waals surface area contributed by atoms with Gasteiger partial charge in [-0.15, -0.1) is 0 Å². The van der Waals surface area contributed by atoms with Crippen LogP contribution in [0.4, 0.5) is 4.39 Å². The van der Waals surface area contributed by atoms with E-state index in [1.165, 1.54) is 16.9 Å². The van der Waals surface area contributed by atoms with Gasteiger partial charge in [-0.25, -0.2) is 9.07 Å². The van der Waals surface area contributed by atoms with Gasteiger partial charge in [-0.3, -0.25) is 4.79 Å². The zero-order chi connectivity index (χ0) is 17.8. The molecule has 2 heterocycles. The number of carbonyl (C=O) groups is 1. The molecule has 1 unspecified atom stereocenters. The number of halogens is 1. The number of rotatable bonds is 5. The van der Waals surface area contributed by atoms with Gasteiger partial charge in [0.1, 0.15) is 11.5 Å². The van der Waals surface area contributed by atoms with Crippen molar-refractivity contribution in [3.05, 3.63) is 47.5 Å². The smallest absolute Gasteiger partial charge is 0.255 e. The van der Waals surface area contributed by atoms with Gasteiger partial charge in [0.15, 0.2) is 0 Å². The van der Waals surface area contributed by atoms with E-state index in [4.69, 9.17) is 4.74 Å². The van der Waals surface area contributed by atoms with Crippen molar-refractivity contribution in [2.75, 3.05) is 19.8 Å². The molecule has 7 heteroatoms. The van der Waals surface area contributed by atoms with Gasteiger partial charge in [0.25, 0.3) is 5.91 Å². The lowest BCUT2D eigenvalue weighted by Gasteiger charge is -2.29. The van der Waals surface area contributed by atoms with Crippen LogP contribution in [-0.2, 0) is 4.74 Å². The molecule has 1 aromatic heterocycles. The summed E-state index contributed by atoms with van der Waals surface area (Å²) in [7, 11) is 0. The first-order chi connectivity index (χ1) is 12.1. The first kappa shape index (κ1) is 17.6. The summed E-state index contributed by atoms with van der Waals surface area (Å²) < 4.78 is 20.7. The highest BCUT2D eigenvalue weighted by atomic mass is 19.1. The van der Waals surface area contributed by atoms with Crippen LogP contribution in [0.3, 0.4) is 0 Å². The van der Waals surface area contributed by atoms with Gasteiger partial charge in [0, 0.05) is 13.2 Å². The number of ether oxygens (including phenoxy) is 1. The van der Waals surface area contributed by atoms with E-state index in [0.29, 0.717) is 30.2 Å². The zero-order valence-electron chi connectivity index (χ0n) is 14.1. The predicted octanol–water partition coefficient (Wildman–Crippen LogP) is 1.84. The lowest BCUT2D eigenvalue weighted by Crippen LogP contribution is -2.44. The van der Waals surface area contributed by atoms with Gasteiger partial charge in [0.05, 0.1) is 30.1 Å². The highest BCUT2D eigenvalue weighted by molar-refractivity contribution is 5.95. The van der Waals surface area contributed by atoms with E-state index in [1.54, 1.807) is 25.1 Å². The molecular weight excluding hydrogens is 325 g/mol. The molecule has 2 aromatic rings. The van der Waals surface area contributed by atoms with Crippen molar-refractivity contribution in [3.8, 4) is 5.69 Å². The summed E-state index contributed by atoms with van der Waals surface area (Å²) in [4.78, 5) is 12.6. The monoisotopic (exact) mass is 347 g/mol. The van der Waals surface area contributed by atoms with Crippen LogP contribution < -0.4 is 5.32 Å². The third-order valence-electron chi connectivity index (χ3n) is 4.68. The first-order valence-electron chi connectivity index (χ1n) is 8.40. The van der Waals surface area contributed by atoms with E-state index >= 15 is 0 Å². The number of hydrogen-bond acceptors (Lipinski definition) is 4. The summed E-state index contributed by atoms with van der Waals surface area (Å²) in [6.45, 7) is 2.87. The van der Waals surface area contributed by atoms with Crippen molar-refractivity contribution >= 4 is 5.91 Å². The fraction of sp³-hybridized carbons (Fsp3) is 0.444. The van der Waals surface area contributed by atoms with Crippen LogP contribution in [0.2, 0.25) is 0 Å². The Kier molecular flexibility index (Phi) is 5.45. The molecule has 2 N–H and O–H groups in total. The second kappa shape index (κ2) is 7.76. The van der Waals surface area contributed by atoms with Crippen molar-refractivity contribution in [2.45, 2.75) is 25.8 Å². The molecule has 25 heavy (non-hydrogen) atoms. The maximum absolute atomic E-state index is 14.0. The molecule has 0 radical (unpaired) electrons. The zero-order valence-corrected chi connectivity index (χ0v) is 14.1. The summed E-state index contributed by atoms with van der Waals surface area (Å²) >= 11 is 0. The van der Waals surface area contributed by atoms with Gasteiger partial charge in [0.2, 0.25) is 0 Å². The summed E-state index contributed by atoms with van der Waals surface area (Å²) in [5, 5.41) is 16.7. The number of nitrogens with zero attached hydrogens (tertiary/aromatic N) is 2. The van der Waals surface area contributed by atoms with Gasteiger partial charge in [-0.05, 0) is 37.8 Å². The van der Waals surface area contributed by atoms with Crippen LogP contribution in [0, 0.1) is 18.7 Å². The summed E-state index contributed by atoms with van der Waals surface area (Å²) in [6.07, 6.45) is 3.04. The molecule has 1 saturated heterocycles. The Bertz CT molecular complexity index is 741. The Morgan fingerprint density at radius 3 is 2.84 bits per heavy atom. The Labute approximate surface area is 145 Å². The highest BCUT2D eigenvalue weighted by Gasteiger charge is 2.26. The fourth-order valence-corrected chi connectivity index (χ4v) is 3.18. The largest absolute Gasteiger partial charge is 0.394 e. The van der Waals surface area contributed by atoms with E-state index in [2.05, 4.69) is 10.4 Å². The molecule has 1 fully saturated rings. The number of para-hydroxylation sites is 1. The van der Waals surface area contributed by atoms with E-state index in [-0.39, 0.29) is 24.5 Å². The van der Waals surface area contributed by atoms with Crippen molar-refractivity contribution in [1.82, 2.24) is 15.1 Å². The van der Waals surface area contributed by atoms with Crippen molar-refractivity contribution in [3.63, 3.8) is 0 Å². The molecule has 0 aliphatic carbocycles. The minimum absolute atomic E-state index is 0.128. The normalized spacial score (nSPS) is 16.6. The third-order valence-corrected chi connectivity index (χ3v) is 4.68. The van der Waals surface area contributed by atoms with Gasteiger partial charge >= 0.3 is 0 Å². The number of benzene rings is 1. The van der Waals surface area contributed by atoms with E-state index in [1.807, 2.05) is 0 Å². The maximum Gasteiger partial charge on any atom is 0.255 e. The number of aliphatic hydroxyl groups excluding tert-OH is 1. The number of hydrogen-bond donors (Lipinski definition) is 2. The van der Waals surface area contributed by atoms with Crippen LogP contribution >= 0.6 is 0 Å². The van der Waals surface area contributed by atoms with Crippen LogP contribution in [0.15, 0.2) is 30.5 Å². The molecule has 1 amide bonds. The van der Waals surface area contributed by atoms with Crippen molar-refractivity contribution in [2.24, 2.45) is 5.92 Å². The summed E-state index contributed by atoms with van der Waals surface area (Å²) in [5.74, 6) is -0.536. The van der Waals surface area contributed by atoms with Gasteiger partial charge < -0.3 is 15.2 Å². The molecule has 0 bridgehead atoms. The van der Waals surface area contributed by atoms with Crippen molar-refractivity contribution in [1.29, 1.82) is 0 Å². The Morgan fingerprint density at radius 2 is 2.16 bits per heavy atom. The lowest BCUT2D eigenvalue weighted by molar-refractivity contribution is 0.0419. The van der Waals surface area contributed by atoms with E-state index in [9.17, 15) is 14.3 Å². The molecule has 0 spiro atoms. The highest BCUT2D eigenvalue weighted by Crippen LogP contribution is 2.20. The lowest BCUT2D eigenvalue weighted by atomic mass is 9.92. The average Bonchev–Trinajstić information content (AvgIpc) is 3.02. The van der Waals surface area contributed by atoms with Crippen LogP contribution in [0.25, 0.3) is 5.69 Å². The topological polar surface area (TPSA) is 76.4 Å². The SMILES string of the molecule is Cc1c(C(=O)NC(CO)C2CCOCC2)cnn1-c1ccccc1F. The van der Waals surface area contributed by atoms with Crippen LogP contribution in [-0.4, -0.2) is 46.7 Å². The number of amides is 1. The van der Waals surface area contributed by atoms with Gasteiger partial charge in [-0.2, -0.15) is 5.10 Å². The van der Waals surface area contributed by atoms with Crippen LogP contribution in [0.5, 0.6) is 0 Å². The third kappa shape index (κ3) is 3.72. The quantitative estimate of drug-likeness (QED) is 0.865. The molecule has 6 nitrogen and oxygen atoms in total. The molecule has 1 aliphatic rings. The molecule has 3 rings (SSSR count). The molecule has 1 aliphatic heterocycles. The number of aliphatic hydroxyl groups is 1. The number of aromatic nitrogens is 2. The average molecular weight is 347 g/mol. The van der Waals surface area contributed by atoms with Crippen molar-refractivity contribution < 1.29 is 19.0 Å². The maximum atomic E-state index is 14.0. The standard InChI is InChI=1S/C18H22FN3O3/c1-12-14(10-20-22(12)17-5-3-2-4-15(17)19)18(24)21-16(11-23)13-6-8-25-9-7-13/h2-5,10,13,16,23H,6-9,11H2,1H3,(H,21,24). The van der Waals surface area contributed by atoms with E-state index < -0.39 is 5.82 Å². The summed E-state index contributed by atoms with van der Waals surface area (Å²) in [6, 6.07) is 5.95. The minimum Gasteiger partial charge on any atom is -0.394 e. The molecule has 1 atom stereocenters. The second-order valence-electron chi connectivity index (χ2n) is 6.22. The number of carbonyl (C=O) groups excluding carboxylic acids is 1. The van der Waals surface area contributed by atoms with Crippen LogP contribution in [0.1, 0.15) is 28.9 Å². The molecular formula is C18H22FN3O3. The number of nitrogens with one attached hydrogen (secondary N) is 1. The fourth-order valence-electron chi connectivity index (χ4n) is 3.18.